The number of benzene rings is 1. The fourth-order valence-corrected chi connectivity index (χ4v) is 4.25. The molecule has 0 spiro atoms. The Morgan fingerprint density at radius 2 is 1.86 bits per heavy atom. The minimum atomic E-state index is -0.174. The van der Waals surface area contributed by atoms with Gasteiger partial charge >= 0.3 is 6.09 Å². The molecule has 1 amide bonds. The number of ether oxygens (including phenoxy) is 3. The van der Waals surface area contributed by atoms with Crippen molar-refractivity contribution in [2.75, 3.05) is 52.3 Å². The summed E-state index contributed by atoms with van der Waals surface area (Å²) in [5.74, 6) is 1.48. The molecule has 7 heteroatoms. The third-order valence-electron chi connectivity index (χ3n) is 5.71. The third-order valence-corrected chi connectivity index (χ3v) is 5.71. The van der Waals surface area contributed by atoms with Gasteiger partial charge in [-0.25, -0.2) is 4.79 Å². The normalized spacial score (nSPS) is 21.2. The van der Waals surface area contributed by atoms with Crippen LogP contribution in [0.5, 0.6) is 11.5 Å². The van der Waals surface area contributed by atoms with E-state index in [0.29, 0.717) is 18.7 Å². The lowest BCUT2D eigenvalue weighted by Crippen LogP contribution is -2.51. The number of piperidine rings is 2. The first-order valence-electron chi connectivity index (χ1n) is 10.3. The molecular formula is C21H33N3O4. The van der Waals surface area contributed by atoms with Gasteiger partial charge < -0.3 is 24.4 Å². The summed E-state index contributed by atoms with van der Waals surface area (Å²) in [5, 5.41) is 3.66. The van der Waals surface area contributed by atoms with Crippen LogP contribution in [0.15, 0.2) is 18.2 Å². The second kappa shape index (κ2) is 9.87. The second-order valence-electron chi connectivity index (χ2n) is 7.47. The molecule has 0 radical (unpaired) electrons. The predicted octanol–water partition coefficient (Wildman–Crippen LogP) is 3.20. The molecular weight excluding hydrogens is 358 g/mol. The lowest BCUT2D eigenvalue weighted by atomic mass is 9.98. The van der Waals surface area contributed by atoms with Crippen molar-refractivity contribution in [1.29, 1.82) is 0 Å². The van der Waals surface area contributed by atoms with E-state index in [1.54, 1.807) is 14.2 Å². The van der Waals surface area contributed by atoms with Gasteiger partial charge in [0.2, 0.25) is 0 Å². The van der Waals surface area contributed by atoms with Gasteiger partial charge in [-0.3, -0.25) is 4.90 Å². The van der Waals surface area contributed by atoms with E-state index in [-0.39, 0.29) is 6.09 Å². The van der Waals surface area contributed by atoms with Gasteiger partial charge in [0.1, 0.15) is 0 Å². The summed E-state index contributed by atoms with van der Waals surface area (Å²) >= 11 is 0. The van der Waals surface area contributed by atoms with Crippen LogP contribution >= 0.6 is 0 Å². The number of nitrogens with one attached hydrogen (secondary N) is 1. The van der Waals surface area contributed by atoms with Gasteiger partial charge in [0, 0.05) is 43.5 Å². The van der Waals surface area contributed by atoms with Crippen LogP contribution in [-0.4, -0.2) is 75.0 Å². The molecule has 2 saturated heterocycles. The van der Waals surface area contributed by atoms with Gasteiger partial charge in [-0.2, -0.15) is 0 Å². The Morgan fingerprint density at radius 3 is 2.54 bits per heavy atom. The van der Waals surface area contributed by atoms with Crippen LogP contribution in [0.2, 0.25) is 0 Å². The molecule has 0 saturated carbocycles. The van der Waals surface area contributed by atoms with E-state index in [1.165, 1.54) is 6.42 Å². The Balaban J connectivity index is 1.53. The molecule has 28 heavy (non-hydrogen) atoms. The number of methoxy groups -OCH3 is 2. The highest BCUT2D eigenvalue weighted by molar-refractivity contribution is 5.67. The van der Waals surface area contributed by atoms with E-state index < -0.39 is 0 Å². The van der Waals surface area contributed by atoms with Crippen molar-refractivity contribution in [3.8, 4) is 11.5 Å². The van der Waals surface area contributed by atoms with Crippen LogP contribution in [-0.2, 0) is 4.74 Å². The summed E-state index contributed by atoms with van der Waals surface area (Å²) in [6, 6.07) is 6.93. The fraction of sp³-hybridized carbons (Fsp3) is 0.667. The molecule has 0 aliphatic carbocycles. The van der Waals surface area contributed by atoms with Gasteiger partial charge in [0.05, 0.1) is 20.8 Å². The topological polar surface area (TPSA) is 63.3 Å². The van der Waals surface area contributed by atoms with E-state index in [9.17, 15) is 4.79 Å². The van der Waals surface area contributed by atoms with Crippen LogP contribution in [0.25, 0.3) is 0 Å². The molecule has 1 atom stereocenters. The number of likely N-dealkylation sites (tertiary alicyclic amines) is 2. The number of rotatable bonds is 6. The first kappa shape index (κ1) is 20.6. The van der Waals surface area contributed by atoms with Gasteiger partial charge in [0.25, 0.3) is 0 Å². The van der Waals surface area contributed by atoms with Gasteiger partial charge in [-0.15, -0.1) is 0 Å². The van der Waals surface area contributed by atoms with Crippen LogP contribution in [0, 0.1) is 0 Å². The molecule has 2 fully saturated rings. The second-order valence-corrected chi connectivity index (χ2v) is 7.47. The van der Waals surface area contributed by atoms with Crippen molar-refractivity contribution in [1.82, 2.24) is 9.80 Å². The minimum absolute atomic E-state index is 0.174. The van der Waals surface area contributed by atoms with Crippen molar-refractivity contribution < 1.29 is 19.0 Å². The average Bonchev–Trinajstić information content (AvgIpc) is 2.74. The fourth-order valence-electron chi connectivity index (χ4n) is 4.25. The smallest absolute Gasteiger partial charge is 0.409 e. The molecule has 1 N–H and O–H groups in total. The monoisotopic (exact) mass is 391 g/mol. The van der Waals surface area contributed by atoms with Crippen LogP contribution in [0.1, 0.15) is 32.6 Å². The number of carbonyl (C=O) groups excluding carboxylic acids is 1. The Bertz CT molecular complexity index is 647. The summed E-state index contributed by atoms with van der Waals surface area (Å²) in [7, 11) is 3.31. The van der Waals surface area contributed by atoms with Crippen molar-refractivity contribution in [3.63, 3.8) is 0 Å². The average molecular weight is 392 g/mol. The van der Waals surface area contributed by atoms with E-state index in [1.807, 2.05) is 30.0 Å². The van der Waals surface area contributed by atoms with Crippen molar-refractivity contribution >= 4 is 11.8 Å². The molecule has 0 aromatic heterocycles. The maximum atomic E-state index is 11.9. The number of hydrogen-bond donors (Lipinski definition) is 1. The molecule has 7 nitrogen and oxygen atoms in total. The molecule has 3 rings (SSSR count). The maximum absolute atomic E-state index is 11.9. The first-order chi connectivity index (χ1) is 13.6. The van der Waals surface area contributed by atoms with Crippen LogP contribution in [0.4, 0.5) is 10.5 Å². The Morgan fingerprint density at radius 1 is 1.11 bits per heavy atom. The lowest BCUT2D eigenvalue weighted by molar-refractivity contribution is 0.0667. The van der Waals surface area contributed by atoms with Crippen molar-refractivity contribution in [3.05, 3.63) is 18.2 Å². The minimum Gasteiger partial charge on any atom is -0.493 e. The zero-order valence-corrected chi connectivity index (χ0v) is 17.3. The van der Waals surface area contributed by atoms with Crippen molar-refractivity contribution in [2.24, 2.45) is 0 Å². The largest absolute Gasteiger partial charge is 0.493 e. The number of hydrogen-bond acceptors (Lipinski definition) is 6. The maximum Gasteiger partial charge on any atom is 0.409 e. The first-order valence-corrected chi connectivity index (χ1v) is 10.3. The summed E-state index contributed by atoms with van der Waals surface area (Å²) in [6.07, 6.45) is 4.20. The summed E-state index contributed by atoms with van der Waals surface area (Å²) in [4.78, 5) is 16.3. The van der Waals surface area contributed by atoms with Crippen molar-refractivity contribution in [2.45, 2.75) is 44.7 Å². The van der Waals surface area contributed by atoms with Crippen LogP contribution in [0.3, 0.4) is 0 Å². The summed E-state index contributed by atoms with van der Waals surface area (Å²) < 4.78 is 15.9. The zero-order valence-electron chi connectivity index (χ0n) is 17.3. The highest BCUT2D eigenvalue weighted by Crippen LogP contribution is 2.31. The van der Waals surface area contributed by atoms with E-state index in [4.69, 9.17) is 14.2 Å². The molecule has 2 heterocycles. The van der Waals surface area contributed by atoms with Gasteiger partial charge in [-0.05, 0) is 51.3 Å². The SMILES string of the molecule is CCOC(=O)N1CCC(N2CCC[C@H](Nc3ccc(OC)c(OC)c3)C2)CC1. The molecule has 156 valence electrons. The quantitative estimate of drug-likeness (QED) is 0.803. The number of carbonyl (C=O) groups is 1. The molecule has 1 aromatic carbocycles. The molecule has 0 unspecified atom stereocenters. The summed E-state index contributed by atoms with van der Waals surface area (Å²) in [6.45, 7) is 6.02. The molecule has 1 aromatic rings. The van der Waals surface area contributed by atoms with E-state index in [2.05, 4.69) is 10.2 Å². The standard InChI is InChI=1S/C21H33N3O4/c1-4-28-21(25)23-12-9-18(10-13-23)24-11-5-6-17(15-24)22-16-7-8-19(26-2)20(14-16)27-3/h7-8,14,17-18,22H,4-6,9-13,15H2,1-3H3/t17-/m0/s1. The molecule has 0 bridgehead atoms. The Kier molecular flexibility index (Phi) is 7.25. The van der Waals surface area contributed by atoms with Gasteiger partial charge in [-0.1, -0.05) is 0 Å². The number of anilines is 1. The summed E-state index contributed by atoms with van der Waals surface area (Å²) in [5.41, 5.74) is 1.06. The molecule has 2 aliphatic rings. The lowest BCUT2D eigenvalue weighted by Gasteiger charge is -2.42. The Hall–Kier alpha value is -2.15. The van der Waals surface area contributed by atoms with Gasteiger partial charge in [0.15, 0.2) is 11.5 Å². The van der Waals surface area contributed by atoms with E-state index >= 15 is 0 Å². The Labute approximate surface area is 167 Å². The predicted molar refractivity (Wildman–Crippen MR) is 109 cm³/mol. The number of amides is 1. The zero-order chi connectivity index (χ0) is 19.9. The molecule has 2 aliphatic heterocycles. The van der Waals surface area contributed by atoms with Crippen LogP contribution < -0.4 is 14.8 Å². The number of nitrogens with zero attached hydrogens (tertiary/aromatic N) is 2. The third kappa shape index (κ3) is 5.01. The highest BCUT2D eigenvalue weighted by atomic mass is 16.6. The highest BCUT2D eigenvalue weighted by Gasteiger charge is 2.30. The van der Waals surface area contributed by atoms with E-state index in [0.717, 1.165) is 62.6 Å².